The highest BCUT2D eigenvalue weighted by atomic mass is 16.3. The molecular weight excluding hydrogens is 196 g/mol. The Hall–Kier alpha value is -0.0400. The van der Waals surface area contributed by atoms with E-state index in [1.54, 1.807) is 0 Å². The van der Waals surface area contributed by atoms with E-state index in [1.807, 2.05) is 0 Å². The van der Waals surface area contributed by atoms with Crippen molar-refractivity contribution < 1.29 is 5.11 Å². The highest BCUT2D eigenvalue weighted by Gasteiger charge is 2.64. The van der Waals surface area contributed by atoms with Gasteiger partial charge in [-0.05, 0) is 67.6 Å². The molecule has 92 valence electrons. The summed E-state index contributed by atoms with van der Waals surface area (Å²) >= 11 is 0. The van der Waals surface area contributed by atoms with Crippen molar-refractivity contribution in [3.05, 3.63) is 0 Å². The van der Waals surface area contributed by atoms with Crippen molar-refractivity contribution in [1.82, 2.24) is 0 Å². The Morgan fingerprint density at radius 2 is 1.62 bits per heavy atom. The molecule has 0 heterocycles. The monoisotopic (exact) mass is 222 g/mol. The number of rotatable bonds is 0. The molecule has 3 aliphatic carbocycles. The zero-order valence-electron chi connectivity index (χ0n) is 11.2. The maximum atomic E-state index is 10.6. The smallest absolute Gasteiger partial charge is 0.0653 e. The summed E-state index contributed by atoms with van der Waals surface area (Å²) in [5, 5.41) is 10.6. The number of aliphatic hydroxyl groups is 1. The zero-order chi connectivity index (χ0) is 11.8. The van der Waals surface area contributed by atoms with Crippen molar-refractivity contribution in [2.75, 3.05) is 0 Å². The third-order valence-corrected chi connectivity index (χ3v) is 6.56. The molecule has 5 atom stereocenters. The molecule has 0 aromatic heterocycles. The minimum atomic E-state index is -0.388. The highest BCUT2D eigenvalue weighted by Crippen LogP contribution is 2.70. The van der Waals surface area contributed by atoms with Gasteiger partial charge < -0.3 is 5.11 Å². The van der Waals surface area contributed by atoms with Crippen molar-refractivity contribution in [2.45, 2.75) is 65.4 Å². The minimum Gasteiger partial charge on any atom is -0.390 e. The van der Waals surface area contributed by atoms with Gasteiger partial charge >= 0.3 is 0 Å². The summed E-state index contributed by atoms with van der Waals surface area (Å²) in [6, 6.07) is 0. The van der Waals surface area contributed by atoms with Gasteiger partial charge in [-0.25, -0.2) is 0 Å². The summed E-state index contributed by atoms with van der Waals surface area (Å²) in [5.41, 5.74) is 0.606. The Bertz CT molecular complexity index is 317. The lowest BCUT2D eigenvalue weighted by molar-refractivity contribution is -0.176. The number of hydrogen-bond donors (Lipinski definition) is 1. The molecular formula is C15H26O. The maximum absolute atomic E-state index is 10.6. The van der Waals surface area contributed by atoms with E-state index in [9.17, 15) is 5.11 Å². The molecule has 0 bridgehead atoms. The summed E-state index contributed by atoms with van der Waals surface area (Å²) in [7, 11) is 0. The molecule has 0 aromatic rings. The van der Waals surface area contributed by atoms with Crippen molar-refractivity contribution in [2.24, 2.45) is 28.6 Å². The second-order valence-electron chi connectivity index (χ2n) is 7.90. The van der Waals surface area contributed by atoms with Gasteiger partial charge in [0.2, 0.25) is 0 Å². The fraction of sp³-hybridized carbons (Fsp3) is 1.00. The van der Waals surface area contributed by atoms with E-state index in [0.717, 1.165) is 18.3 Å². The van der Waals surface area contributed by atoms with Crippen LogP contribution in [0.2, 0.25) is 0 Å². The molecule has 1 nitrogen and oxygen atoms in total. The third-order valence-electron chi connectivity index (χ3n) is 6.56. The first-order valence-corrected chi connectivity index (χ1v) is 7.00. The molecule has 1 heteroatoms. The standard InChI is InChI=1S/C15H26O/c1-13(2)9-11-10(13)5-8-15(4,16)12-6-7-14(11,12)3/h10-12,16H,5-9H2,1-4H3/t10-,11+,12-,14-,15-/m1/s1. The predicted octanol–water partition coefficient (Wildman–Crippen LogP) is 3.61. The first-order chi connectivity index (χ1) is 7.27. The van der Waals surface area contributed by atoms with Crippen LogP contribution in [-0.2, 0) is 0 Å². The molecule has 3 fully saturated rings. The van der Waals surface area contributed by atoms with Crippen LogP contribution in [0.25, 0.3) is 0 Å². The van der Waals surface area contributed by atoms with Crippen LogP contribution in [0.3, 0.4) is 0 Å². The van der Waals surface area contributed by atoms with Gasteiger partial charge in [0, 0.05) is 0 Å². The van der Waals surface area contributed by atoms with Crippen molar-refractivity contribution in [3.63, 3.8) is 0 Å². The van der Waals surface area contributed by atoms with E-state index >= 15 is 0 Å². The van der Waals surface area contributed by atoms with E-state index in [-0.39, 0.29) is 5.60 Å². The van der Waals surface area contributed by atoms with E-state index in [2.05, 4.69) is 27.7 Å². The molecule has 0 radical (unpaired) electrons. The lowest BCUT2D eigenvalue weighted by Crippen LogP contribution is -2.58. The van der Waals surface area contributed by atoms with Crippen molar-refractivity contribution in [3.8, 4) is 0 Å². The largest absolute Gasteiger partial charge is 0.390 e. The topological polar surface area (TPSA) is 20.2 Å². The predicted molar refractivity (Wildman–Crippen MR) is 66.1 cm³/mol. The Morgan fingerprint density at radius 1 is 0.938 bits per heavy atom. The van der Waals surface area contributed by atoms with Crippen LogP contribution in [0.15, 0.2) is 0 Å². The first kappa shape index (κ1) is 11.1. The van der Waals surface area contributed by atoms with Crippen LogP contribution in [0, 0.1) is 28.6 Å². The normalized spacial score (nSPS) is 58.7. The van der Waals surface area contributed by atoms with Gasteiger partial charge in [0.15, 0.2) is 0 Å². The van der Waals surface area contributed by atoms with Crippen LogP contribution in [0.4, 0.5) is 0 Å². The second-order valence-corrected chi connectivity index (χ2v) is 7.90. The summed E-state index contributed by atoms with van der Waals surface area (Å²) in [6.45, 7) is 9.39. The van der Waals surface area contributed by atoms with Gasteiger partial charge in [0.05, 0.1) is 5.60 Å². The SMILES string of the molecule is CC1(C)C[C@H]2[C@H]1CC[C@@](C)(O)[C@@H]1CC[C@@]12C. The lowest BCUT2D eigenvalue weighted by atomic mass is 9.41. The van der Waals surface area contributed by atoms with Crippen LogP contribution in [0.1, 0.15) is 59.8 Å². The van der Waals surface area contributed by atoms with Gasteiger partial charge in [0.25, 0.3) is 0 Å². The summed E-state index contributed by atoms with van der Waals surface area (Å²) < 4.78 is 0. The molecule has 16 heavy (non-hydrogen) atoms. The Labute approximate surface area is 99.6 Å². The maximum Gasteiger partial charge on any atom is 0.0653 e. The summed E-state index contributed by atoms with van der Waals surface area (Å²) in [6.07, 6.45) is 6.27. The first-order valence-electron chi connectivity index (χ1n) is 7.00. The lowest BCUT2D eigenvalue weighted by Gasteiger charge is -2.64. The van der Waals surface area contributed by atoms with Gasteiger partial charge in [-0.15, -0.1) is 0 Å². The Kier molecular flexibility index (Phi) is 1.98. The van der Waals surface area contributed by atoms with Gasteiger partial charge in [-0.3, -0.25) is 0 Å². The molecule has 1 N–H and O–H groups in total. The van der Waals surface area contributed by atoms with Crippen molar-refractivity contribution in [1.29, 1.82) is 0 Å². The molecule has 3 rings (SSSR count). The molecule has 0 amide bonds. The van der Waals surface area contributed by atoms with Crippen LogP contribution in [0.5, 0.6) is 0 Å². The molecule has 3 aliphatic rings. The molecule has 0 aromatic carbocycles. The fourth-order valence-corrected chi connectivity index (χ4v) is 5.36. The van der Waals surface area contributed by atoms with Gasteiger partial charge in [0.1, 0.15) is 0 Å². The molecule has 0 spiro atoms. The fourth-order valence-electron chi connectivity index (χ4n) is 5.36. The van der Waals surface area contributed by atoms with E-state index in [4.69, 9.17) is 0 Å². The van der Waals surface area contributed by atoms with Crippen LogP contribution in [-0.4, -0.2) is 10.7 Å². The number of hydrogen-bond acceptors (Lipinski definition) is 1. The molecule has 0 saturated heterocycles. The Balaban J connectivity index is 1.93. The molecule has 0 aliphatic heterocycles. The van der Waals surface area contributed by atoms with Gasteiger partial charge in [-0.2, -0.15) is 0 Å². The Morgan fingerprint density at radius 3 is 2.12 bits per heavy atom. The van der Waals surface area contributed by atoms with E-state index < -0.39 is 0 Å². The average Bonchev–Trinajstić information content (AvgIpc) is 2.13. The van der Waals surface area contributed by atoms with E-state index in [0.29, 0.717) is 16.7 Å². The van der Waals surface area contributed by atoms with E-state index in [1.165, 1.54) is 25.7 Å². The zero-order valence-corrected chi connectivity index (χ0v) is 11.2. The average molecular weight is 222 g/mol. The summed E-state index contributed by atoms with van der Waals surface area (Å²) in [4.78, 5) is 0. The highest BCUT2D eigenvalue weighted by molar-refractivity contribution is 5.14. The minimum absolute atomic E-state index is 0.388. The van der Waals surface area contributed by atoms with Gasteiger partial charge in [-0.1, -0.05) is 20.8 Å². The number of fused-ring (bicyclic) bond motifs is 3. The van der Waals surface area contributed by atoms with Crippen molar-refractivity contribution >= 4 is 0 Å². The summed E-state index contributed by atoms with van der Waals surface area (Å²) in [5.74, 6) is 2.34. The molecule has 3 saturated carbocycles. The molecule has 0 unspecified atom stereocenters. The quantitative estimate of drug-likeness (QED) is 0.664. The van der Waals surface area contributed by atoms with Crippen LogP contribution >= 0.6 is 0 Å². The second kappa shape index (κ2) is 2.85. The van der Waals surface area contributed by atoms with Crippen LogP contribution < -0.4 is 0 Å². The third kappa shape index (κ3) is 1.16.